The summed E-state index contributed by atoms with van der Waals surface area (Å²) < 4.78 is 25.3. The maximum Gasteiger partial charge on any atom is 0.140 e. The normalized spacial score (nSPS) is 10.2. The van der Waals surface area contributed by atoms with Crippen molar-refractivity contribution in [1.29, 1.82) is 0 Å². The van der Waals surface area contributed by atoms with E-state index in [9.17, 15) is 8.78 Å². The van der Waals surface area contributed by atoms with Crippen LogP contribution >= 0.6 is 31.9 Å². The van der Waals surface area contributed by atoms with Gasteiger partial charge in [-0.1, -0.05) is 15.9 Å². The van der Waals surface area contributed by atoms with Gasteiger partial charge in [0, 0.05) is 5.33 Å². The molecule has 0 aliphatic rings. The van der Waals surface area contributed by atoms with Crippen molar-refractivity contribution in [1.82, 2.24) is 0 Å². The number of hydrogen-bond acceptors (Lipinski definition) is 0. The molecule has 0 N–H and O–H groups in total. The highest BCUT2D eigenvalue weighted by Crippen LogP contribution is 2.21. The maximum atomic E-state index is 12.7. The van der Waals surface area contributed by atoms with Gasteiger partial charge in [-0.25, -0.2) is 8.78 Å². The molecule has 0 heterocycles. The lowest BCUT2D eigenvalue weighted by atomic mass is 10.2. The van der Waals surface area contributed by atoms with Crippen molar-refractivity contribution >= 4 is 31.9 Å². The third-order valence-corrected chi connectivity index (χ3v) is 2.60. The van der Waals surface area contributed by atoms with Gasteiger partial charge in [0.15, 0.2) is 0 Å². The van der Waals surface area contributed by atoms with Crippen LogP contribution in [0, 0.1) is 11.6 Å². The summed E-state index contributed by atoms with van der Waals surface area (Å²) in [6.45, 7) is 0. The molecule has 1 rings (SSSR count). The van der Waals surface area contributed by atoms with E-state index >= 15 is 0 Å². The van der Waals surface area contributed by atoms with Crippen molar-refractivity contribution in [3.63, 3.8) is 0 Å². The zero-order valence-corrected chi connectivity index (χ0v) is 8.55. The predicted molar refractivity (Wildman–Crippen MR) is 46.7 cm³/mol. The van der Waals surface area contributed by atoms with Gasteiger partial charge in [-0.2, -0.15) is 0 Å². The van der Waals surface area contributed by atoms with E-state index in [4.69, 9.17) is 0 Å². The van der Waals surface area contributed by atoms with Gasteiger partial charge in [0.05, 0.1) is 4.47 Å². The van der Waals surface area contributed by atoms with Crippen molar-refractivity contribution < 1.29 is 8.78 Å². The van der Waals surface area contributed by atoms with E-state index in [2.05, 4.69) is 31.9 Å². The first-order valence-electron chi connectivity index (χ1n) is 2.84. The minimum absolute atomic E-state index is 0.109. The minimum Gasteiger partial charge on any atom is -0.206 e. The molecule has 0 amide bonds. The molecule has 0 fully saturated rings. The highest BCUT2D eigenvalue weighted by Gasteiger charge is 2.06. The van der Waals surface area contributed by atoms with E-state index in [0.29, 0.717) is 10.9 Å². The van der Waals surface area contributed by atoms with E-state index in [-0.39, 0.29) is 4.47 Å². The summed E-state index contributed by atoms with van der Waals surface area (Å²) in [6.07, 6.45) is 0. The van der Waals surface area contributed by atoms with Crippen LogP contribution in [0.15, 0.2) is 16.6 Å². The predicted octanol–water partition coefficient (Wildman–Crippen LogP) is 3.62. The summed E-state index contributed by atoms with van der Waals surface area (Å²) in [5.74, 6) is -1.14. The third-order valence-electron chi connectivity index (χ3n) is 1.20. The van der Waals surface area contributed by atoms with Gasteiger partial charge in [0.2, 0.25) is 0 Å². The van der Waals surface area contributed by atoms with E-state index in [1.54, 1.807) is 0 Å². The monoisotopic (exact) mass is 284 g/mol. The van der Waals surface area contributed by atoms with Crippen molar-refractivity contribution in [2.75, 3.05) is 0 Å². The molecule has 60 valence electrons. The van der Waals surface area contributed by atoms with Crippen LogP contribution in [-0.2, 0) is 5.33 Å². The molecule has 0 unspecified atom stereocenters. The molecule has 4 heteroatoms. The first kappa shape index (κ1) is 9.13. The van der Waals surface area contributed by atoms with Crippen LogP contribution in [0.2, 0.25) is 0 Å². The summed E-state index contributed by atoms with van der Waals surface area (Å²) in [5.41, 5.74) is 0.586. The van der Waals surface area contributed by atoms with Crippen molar-refractivity contribution in [3.8, 4) is 0 Å². The second kappa shape index (κ2) is 3.63. The molecule has 0 aromatic heterocycles. The highest BCUT2D eigenvalue weighted by atomic mass is 79.9. The van der Waals surface area contributed by atoms with Gasteiger partial charge in [-0.05, 0) is 33.6 Å². The maximum absolute atomic E-state index is 12.7. The fourth-order valence-corrected chi connectivity index (χ4v) is 1.24. The van der Waals surface area contributed by atoms with Crippen LogP contribution in [0.25, 0.3) is 0 Å². The minimum atomic E-state index is -0.570. The molecular weight excluding hydrogens is 282 g/mol. The fourth-order valence-electron chi connectivity index (χ4n) is 0.685. The Balaban J connectivity index is 3.21. The lowest BCUT2D eigenvalue weighted by molar-refractivity contribution is 0.570. The van der Waals surface area contributed by atoms with Crippen molar-refractivity contribution in [3.05, 3.63) is 33.8 Å². The molecule has 0 bridgehead atoms. The van der Waals surface area contributed by atoms with Crippen LogP contribution in [0.4, 0.5) is 8.78 Å². The molecule has 0 saturated carbocycles. The second-order valence-electron chi connectivity index (χ2n) is 2.01. The molecule has 0 spiro atoms. The number of halogens is 4. The molecule has 1 aromatic rings. The molecule has 0 nitrogen and oxygen atoms in total. The summed E-state index contributed by atoms with van der Waals surface area (Å²) in [6, 6.07) is 2.56. The molecule has 1 aromatic carbocycles. The van der Waals surface area contributed by atoms with E-state index in [0.717, 1.165) is 0 Å². The summed E-state index contributed by atoms with van der Waals surface area (Å²) in [7, 11) is 0. The third kappa shape index (κ3) is 1.99. The van der Waals surface area contributed by atoms with Gasteiger partial charge in [-0.3, -0.25) is 0 Å². The van der Waals surface area contributed by atoms with Crippen molar-refractivity contribution in [2.24, 2.45) is 0 Å². The van der Waals surface area contributed by atoms with Gasteiger partial charge in [0.1, 0.15) is 11.6 Å². The van der Waals surface area contributed by atoms with Gasteiger partial charge in [0.25, 0.3) is 0 Å². The number of hydrogen-bond donors (Lipinski definition) is 0. The number of rotatable bonds is 1. The van der Waals surface area contributed by atoms with Crippen LogP contribution in [0.5, 0.6) is 0 Å². The topological polar surface area (TPSA) is 0 Å². The standard InChI is InChI=1S/C7H4Br2F2/c8-3-4-1-5(10)7(9)6(11)2-4/h1-2H,3H2. The summed E-state index contributed by atoms with van der Waals surface area (Å²) in [5, 5.41) is 0.452. The number of benzene rings is 1. The van der Waals surface area contributed by atoms with Crippen molar-refractivity contribution in [2.45, 2.75) is 5.33 Å². The molecule has 0 aliphatic heterocycles. The lowest BCUT2D eigenvalue weighted by Gasteiger charge is -1.99. The molecular formula is C7H4Br2F2. The Hall–Kier alpha value is 0.0400. The second-order valence-corrected chi connectivity index (χ2v) is 3.36. The summed E-state index contributed by atoms with van der Waals surface area (Å²) in [4.78, 5) is 0. The van der Waals surface area contributed by atoms with E-state index in [1.165, 1.54) is 12.1 Å². The van der Waals surface area contributed by atoms with Crippen LogP contribution in [-0.4, -0.2) is 0 Å². The Labute approximate surface area is 79.9 Å². The Morgan fingerprint density at radius 3 is 2.00 bits per heavy atom. The Bertz CT molecular complexity index is 250. The average Bonchev–Trinajstić information content (AvgIpc) is 1.99. The Kier molecular flexibility index (Phi) is 3.01. The van der Waals surface area contributed by atoms with Gasteiger partial charge >= 0.3 is 0 Å². The van der Waals surface area contributed by atoms with Gasteiger partial charge in [-0.15, -0.1) is 0 Å². The first-order valence-corrected chi connectivity index (χ1v) is 4.76. The fraction of sp³-hybridized carbons (Fsp3) is 0.143. The largest absolute Gasteiger partial charge is 0.206 e. The van der Waals surface area contributed by atoms with E-state index in [1.807, 2.05) is 0 Å². The average molecular weight is 286 g/mol. The van der Waals surface area contributed by atoms with Crippen LogP contribution < -0.4 is 0 Å². The Morgan fingerprint density at radius 1 is 1.18 bits per heavy atom. The summed E-state index contributed by atoms with van der Waals surface area (Å²) >= 11 is 5.88. The molecule has 0 aliphatic carbocycles. The first-order chi connectivity index (χ1) is 5.15. The van der Waals surface area contributed by atoms with Gasteiger partial charge < -0.3 is 0 Å². The zero-order chi connectivity index (χ0) is 8.43. The lowest BCUT2D eigenvalue weighted by Crippen LogP contribution is -1.87. The highest BCUT2D eigenvalue weighted by molar-refractivity contribution is 9.10. The number of alkyl halides is 1. The quantitative estimate of drug-likeness (QED) is 0.546. The smallest absolute Gasteiger partial charge is 0.140 e. The molecule has 0 saturated heterocycles. The molecule has 11 heavy (non-hydrogen) atoms. The zero-order valence-electron chi connectivity index (χ0n) is 5.37. The van der Waals surface area contributed by atoms with Crippen LogP contribution in [0.1, 0.15) is 5.56 Å². The Morgan fingerprint density at radius 2 is 1.64 bits per heavy atom. The van der Waals surface area contributed by atoms with Crippen LogP contribution in [0.3, 0.4) is 0 Å². The molecule has 0 atom stereocenters. The molecule has 0 radical (unpaired) electrons. The van der Waals surface area contributed by atoms with E-state index < -0.39 is 11.6 Å². The SMILES string of the molecule is Fc1cc(CBr)cc(F)c1Br.